The van der Waals surface area contributed by atoms with Gasteiger partial charge >= 0.3 is 0 Å². The predicted octanol–water partition coefficient (Wildman–Crippen LogP) is 4.39. The van der Waals surface area contributed by atoms with Crippen molar-refractivity contribution in [1.29, 1.82) is 0 Å². The Balaban J connectivity index is 1.80. The zero-order chi connectivity index (χ0) is 18.9. The zero-order valence-corrected chi connectivity index (χ0v) is 15.9. The molecule has 1 atom stereocenters. The lowest BCUT2D eigenvalue weighted by molar-refractivity contribution is -0.123. The van der Waals surface area contributed by atoms with Crippen LogP contribution in [-0.2, 0) is 4.79 Å². The molecule has 0 spiro atoms. The molecule has 2 rings (SSSR count). The van der Waals surface area contributed by atoms with Gasteiger partial charge < -0.3 is 9.47 Å². The molecular formula is C20H23ClN2O3. The smallest absolute Gasteiger partial charge is 0.277 e. The largest absolute Gasteiger partial charge is 0.495 e. The minimum atomic E-state index is -0.341. The van der Waals surface area contributed by atoms with E-state index in [1.165, 1.54) is 11.8 Å². The van der Waals surface area contributed by atoms with Crippen molar-refractivity contribution in [3.8, 4) is 11.5 Å². The number of hydrogen-bond donors (Lipinski definition) is 1. The Morgan fingerprint density at radius 3 is 2.62 bits per heavy atom. The molecule has 138 valence electrons. The molecule has 1 N–H and O–H groups in total. The van der Waals surface area contributed by atoms with Crippen LogP contribution in [0.15, 0.2) is 47.6 Å². The van der Waals surface area contributed by atoms with Crippen LogP contribution >= 0.6 is 11.6 Å². The SMILES string of the molecule is CC[C@H](C)c1ccc(OCC(=O)N/N=C\c2ccc(OC)c(Cl)c2)cc1. The van der Waals surface area contributed by atoms with Gasteiger partial charge in [0.1, 0.15) is 11.5 Å². The molecule has 0 saturated heterocycles. The molecular weight excluding hydrogens is 352 g/mol. The number of nitrogens with zero attached hydrogens (tertiary/aromatic N) is 1. The molecule has 2 aromatic carbocycles. The third-order valence-electron chi connectivity index (χ3n) is 4.01. The average molecular weight is 375 g/mol. The van der Waals surface area contributed by atoms with Crippen molar-refractivity contribution in [3.63, 3.8) is 0 Å². The van der Waals surface area contributed by atoms with E-state index in [0.29, 0.717) is 22.4 Å². The number of methoxy groups -OCH3 is 1. The molecule has 0 aliphatic carbocycles. The van der Waals surface area contributed by atoms with Crippen molar-refractivity contribution in [3.05, 3.63) is 58.6 Å². The number of halogens is 1. The molecule has 0 bridgehead atoms. The number of rotatable bonds is 8. The number of benzene rings is 2. The minimum Gasteiger partial charge on any atom is -0.495 e. The van der Waals surface area contributed by atoms with Gasteiger partial charge in [0.25, 0.3) is 5.91 Å². The predicted molar refractivity (Wildman–Crippen MR) is 104 cm³/mol. The third-order valence-corrected chi connectivity index (χ3v) is 4.31. The highest BCUT2D eigenvalue weighted by atomic mass is 35.5. The number of carbonyl (C=O) groups excluding carboxylic acids is 1. The molecule has 26 heavy (non-hydrogen) atoms. The summed E-state index contributed by atoms with van der Waals surface area (Å²) in [7, 11) is 1.55. The van der Waals surface area contributed by atoms with E-state index in [2.05, 4.69) is 24.4 Å². The Bertz CT molecular complexity index is 760. The number of ether oxygens (including phenoxy) is 2. The topological polar surface area (TPSA) is 59.9 Å². The quantitative estimate of drug-likeness (QED) is 0.550. The molecule has 0 saturated carbocycles. The van der Waals surface area contributed by atoms with Gasteiger partial charge in [0, 0.05) is 0 Å². The van der Waals surface area contributed by atoms with E-state index < -0.39 is 0 Å². The van der Waals surface area contributed by atoms with Crippen LogP contribution in [0.25, 0.3) is 0 Å². The summed E-state index contributed by atoms with van der Waals surface area (Å²) in [5.74, 6) is 1.40. The molecule has 0 radical (unpaired) electrons. The fraction of sp³-hybridized carbons (Fsp3) is 0.300. The van der Waals surface area contributed by atoms with Gasteiger partial charge in [0.05, 0.1) is 18.3 Å². The maximum absolute atomic E-state index is 11.8. The van der Waals surface area contributed by atoms with Crippen LogP contribution < -0.4 is 14.9 Å². The van der Waals surface area contributed by atoms with E-state index in [9.17, 15) is 4.79 Å². The highest BCUT2D eigenvalue weighted by Gasteiger charge is 2.05. The number of hydrazone groups is 1. The second-order valence-corrected chi connectivity index (χ2v) is 6.26. The van der Waals surface area contributed by atoms with Crippen LogP contribution in [0.1, 0.15) is 37.3 Å². The minimum absolute atomic E-state index is 0.108. The number of amides is 1. The second-order valence-electron chi connectivity index (χ2n) is 5.85. The Labute approximate surface area is 159 Å². The van der Waals surface area contributed by atoms with Gasteiger partial charge in [-0.25, -0.2) is 5.43 Å². The Hall–Kier alpha value is -2.53. The molecule has 0 heterocycles. The highest BCUT2D eigenvalue weighted by Crippen LogP contribution is 2.24. The van der Waals surface area contributed by atoms with Crippen molar-refractivity contribution in [2.75, 3.05) is 13.7 Å². The maximum atomic E-state index is 11.8. The molecule has 6 heteroatoms. The van der Waals surface area contributed by atoms with E-state index in [0.717, 1.165) is 12.0 Å². The third kappa shape index (κ3) is 5.77. The number of carbonyl (C=O) groups is 1. The van der Waals surface area contributed by atoms with Crippen LogP contribution in [0.5, 0.6) is 11.5 Å². The van der Waals surface area contributed by atoms with E-state index in [1.807, 2.05) is 24.3 Å². The van der Waals surface area contributed by atoms with Crippen molar-refractivity contribution >= 4 is 23.7 Å². The van der Waals surface area contributed by atoms with Crippen LogP contribution in [0.2, 0.25) is 5.02 Å². The van der Waals surface area contributed by atoms with E-state index in [4.69, 9.17) is 21.1 Å². The zero-order valence-electron chi connectivity index (χ0n) is 15.2. The molecule has 0 unspecified atom stereocenters. The summed E-state index contributed by atoms with van der Waals surface area (Å²) in [6, 6.07) is 13.0. The lowest BCUT2D eigenvalue weighted by Gasteiger charge is -2.10. The highest BCUT2D eigenvalue weighted by molar-refractivity contribution is 6.32. The van der Waals surface area contributed by atoms with Crippen LogP contribution in [0.3, 0.4) is 0 Å². The summed E-state index contributed by atoms with van der Waals surface area (Å²) < 4.78 is 10.5. The van der Waals surface area contributed by atoms with Gasteiger partial charge in [-0.3, -0.25) is 4.79 Å². The fourth-order valence-electron chi connectivity index (χ4n) is 2.25. The first kappa shape index (κ1) is 19.8. The van der Waals surface area contributed by atoms with Gasteiger partial charge in [-0.15, -0.1) is 0 Å². The Morgan fingerprint density at radius 1 is 1.27 bits per heavy atom. The summed E-state index contributed by atoms with van der Waals surface area (Å²) in [5, 5.41) is 4.37. The van der Waals surface area contributed by atoms with Gasteiger partial charge in [0.2, 0.25) is 0 Å². The average Bonchev–Trinajstić information content (AvgIpc) is 2.66. The standard InChI is InChI=1S/C20H23ClN2O3/c1-4-14(2)16-6-8-17(9-7-16)26-13-20(24)23-22-12-15-5-10-19(25-3)18(21)11-15/h5-12,14H,4,13H2,1-3H3,(H,23,24)/b22-12-/t14-/m0/s1. The first-order valence-electron chi connectivity index (χ1n) is 8.41. The summed E-state index contributed by atoms with van der Waals surface area (Å²) in [6.45, 7) is 4.22. The molecule has 0 aliphatic rings. The lowest BCUT2D eigenvalue weighted by Crippen LogP contribution is -2.24. The summed E-state index contributed by atoms with van der Waals surface area (Å²) in [4.78, 5) is 11.8. The van der Waals surface area contributed by atoms with E-state index >= 15 is 0 Å². The normalized spacial score (nSPS) is 12.0. The van der Waals surface area contributed by atoms with Crippen LogP contribution in [0, 0.1) is 0 Å². The molecule has 0 aromatic heterocycles. The monoisotopic (exact) mass is 374 g/mol. The van der Waals surface area contributed by atoms with E-state index in [-0.39, 0.29) is 12.5 Å². The maximum Gasteiger partial charge on any atom is 0.277 e. The van der Waals surface area contributed by atoms with Gasteiger partial charge in [-0.1, -0.05) is 37.6 Å². The Morgan fingerprint density at radius 2 is 2.00 bits per heavy atom. The van der Waals surface area contributed by atoms with Crippen molar-refractivity contribution < 1.29 is 14.3 Å². The first-order chi connectivity index (χ1) is 12.5. The van der Waals surface area contributed by atoms with Crippen molar-refractivity contribution in [2.24, 2.45) is 5.10 Å². The number of nitrogens with one attached hydrogen (secondary N) is 1. The molecule has 0 fully saturated rings. The van der Waals surface area contributed by atoms with Gasteiger partial charge in [-0.05, 0) is 53.8 Å². The number of hydrogen-bond acceptors (Lipinski definition) is 4. The van der Waals surface area contributed by atoms with E-state index in [1.54, 1.807) is 25.3 Å². The van der Waals surface area contributed by atoms with Gasteiger partial charge in [-0.2, -0.15) is 5.10 Å². The van der Waals surface area contributed by atoms with Crippen molar-refractivity contribution in [2.45, 2.75) is 26.2 Å². The molecule has 0 aliphatic heterocycles. The second kappa shape index (κ2) is 9.82. The summed E-state index contributed by atoms with van der Waals surface area (Å²) >= 11 is 6.03. The summed E-state index contributed by atoms with van der Waals surface area (Å²) in [5.41, 5.74) is 4.42. The lowest BCUT2D eigenvalue weighted by atomic mass is 9.99. The van der Waals surface area contributed by atoms with Gasteiger partial charge in [0.15, 0.2) is 6.61 Å². The fourth-order valence-corrected chi connectivity index (χ4v) is 2.52. The van der Waals surface area contributed by atoms with Crippen LogP contribution in [-0.4, -0.2) is 25.8 Å². The summed E-state index contributed by atoms with van der Waals surface area (Å²) in [6.07, 6.45) is 2.59. The molecule has 2 aromatic rings. The molecule has 1 amide bonds. The van der Waals surface area contributed by atoms with Crippen molar-refractivity contribution in [1.82, 2.24) is 5.43 Å². The Kier molecular flexibility index (Phi) is 7.48. The van der Waals surface area contributed by atoms with Crippen LogP contribution in [0.4, 0.5) is 0 Å². The molecule has 5 nitrogen and oxygen atoms in total. The first-order valence-corrected chi connectivity index (χ1v) is 8.79.